The van der Waals surface area contributed by atoms with Crippen molar-refractivity contribution in [2.24, 2.45) is 0 Å². The maximum absolute atomic E-state index is 12.4. The van der Waals surface area contributed by atoms with Crippen molar-refractivity contribution in [1.29, 1.82) is 0 Å². The van der Waals surface area contributed by atoms with E-state index in [2.05, 4.69) is 10.4 Å². The lowest BCUT2D eigenvalue weighted by atomic mass is 10.1. The van der Waals surface area contributed by atoms with Gasteiger partial charge in [0.05, 0.1) is 10.5 Å². The fraction of sp³-hybridized carbons (Fsp3) is 0.438. The summed E-state index contributed by atoms with van der Waals surface area (Å²) in [5, 5.41) is 17.8. The second-order valence-electron chi connectivity index (χ2n) is 6.77. The molecule has 9 nitrogen and oxygen atoms in total. The Hall–Kier alpha value is -2.97. The molecule has 1 aromatic carbocycles. The topological polar surface area (TPSA) is 112 Å². The van der Waals surface area contributed by atoms with Gasteiger partial charge in [0, 0.05) is 6.07 Å². The van der Waals surface area contributed by atoms with Crippen LogP contribution < -0.4 is 11.0 Å². The number of nitro benzene ring substituents is 1. The van der Waals surface area contributed by atoms with E-state index in [0.717, 1.165) is 0 Å². The highest BCUT2D eigenvalue weighted by atomic mass is 16.6. The minimum absolute atomic E-state index is 0.131. The molecule has 0 spiro atoms. The number of rotatable bonds is 4. The molecular formula is C16H21N5O4. The van der Waals surface area contributed by atoms with Crippen LogP contribution in [0, 0.1) is 24.0 Å². The first-order valence-corrected chi connectivity index (χ1v) is 7.73. The van der Waals surface area contributed by atoms with E-state index in [1.54, 1.807) is 26.0 Å². The largest absolute Gasteiger partial charge is 0.346 e. The molecule has 0 radical (unpaired) electrons. The lowest BCUT2D eigenvalue weighted by Gasteiger charge is -2.16. The molecule has 0 bridgehead atoms. The number of nitrogens with zero attached hydrogens (tertiary/aromatic N) is 4. The molecule has 1 amide bonds. The van der Waals surface area contributed by atoms with Gasteiger partial charge in [0.2, 0.25) is 5.91 Å². The standard InChI is InChI=1S/C16H21N5O4/c1-10-7-6-8-12(21(24)25)14(10)17-13(22)9-19-11(2)18-20(15(19)23)16(3,4)5/h6-8H,9H2,1-5H3,(H,17,22). The summed E-state index contributed by atoms with van der Waals surface area (Å²) in [6, 6.07) is 4.53. The van der Waals surface area contributed by atoms with Gasteiger partial charge in [-0.2, -0.15) is 5.10 Å². The number of amides is 1. The number of aryl methyl sites for hydroxylation is 2. The first-order valence-electron chi connectivity index (χ1n) is 7.73. The highest BCUT2D eigenvalue weighted by Gasteiger charge is 2.23. The monoisotopic (exact) mass is 347 g/mol. The van der Waals surface area contributed by atoms with Crippen molar-refractivity contribution in [3.05, 3.63) is 50.2 Å². The van der Waals surface area contributed by atoms with Crippen LogP contribution in [0.15, 0.2) is 23.0 Å². The SMILES string of the molecule is Cc1cccc([N+](=O)[O-])c1NC(=O)Cn1c(C)nn(C(C)(C)C)c1=O. The predicted octanol–water partition coefficient (Wildman–Crippen LogP) is 1.96. The van der Waals surface area contributed by atoms with Crippen molar-refractivity contribution in [3.63, 3.8) is 0 Å². The minimum atomic E-state index is -0.558. The zero-order chi connectivity index (χ0) is 18.9. The van der Waals surface area contributed by atoms with Crippen LogP contribution in [-0.4, -0.2) is 25.2 Å². The van der Waals surface area contributed by atoms with Crippen LogP contribution in [0.5, 0.6) is 0 Å². The normalized spacial score (nSPS) is 11.4. The Morgan fingerprint density at radius 1 is 1.32 bits per heavy atom. The van der Waals surface area contributed by atoms with Crippen molar-refractivity contribution in [2.45, 2.75) is 46.7 Å². The molecule has 0 aliphatic rings. The zero-order valence-corrected chi connectivity index (χ0v) is 14.9. The number of hydrogen-bond donors (Lipinski definition) is 1. The van der Waals surface area contributed by atoms with E-state index in [1.807, 2.05) is 20.8 Å². The maximum atomic E-state index is 12.4. The molecule has 0 aliphatic carbocycles. The van der Waals surface area contributed by atoms with Gasteiger partial charge in [0.15, 0.2) is 0 Å². The van der Waals surface area contributed by atoms with Gasteiger partial charge in [-0.25, -0.2) is 9.48 Å². The molecule has 0 aliphatic heterocycles. The van der Waals surface area contributed by atoms with Crippen LogP contribution in [0.4, 0.5) is 11.4 Å². The van der Waals surface area contributed by atoms with Crippen molar-refractivity contribution in [1.82, 2.24) is 14.3 Å². The molecule has 2 rings (SSSR count). The van der Waals surface area contributed by atoms with Crippen LogP contribution in [0.3, 0.4) is 0 Å². The Morgan fingerprint density at radius 3 is 2.48 bits per heavy atom. The van der Waals surface area contributed by atoms with Gasteiger partial charge in [-0.05, 0) is 40.2 Å². The second-order valence-corrected chi connectivity index (χ2v) is 6.77. The van der Waals surface area contributed by atoms with Crippen LogP contribution in [-0.2, 0) is 16.9 Å². The van der Waals surface area contributed by atoms with Gasteiger partial charge >= 0.3 is 5.69 Å². The van der Waals surface area contributed by atoms with E-state index in [4.69, 9.17) is 0 Å². The fourth-order valence-corrected chi connectivity index (χ4v) is 2.40. The van der Waals surface area contributed by atoms with Crippen molar-refractivity contribution in [2.75, 3.05) is 5.32 Å². The number of nitro groups is 1. The summed E-state index contributed by atoms with van der Waals surface area (Å²) in [6.45, 7) is 8.53. The number of anilines is 1. The third-order valence-electron chi connectivity index (χ3n) is 3.70. The molecule has 0 saturated heterocycles. The molecule has 0 saturated carbocycles. The van der Waals surface area contributed by atoms with Crippen molar-refractivity contribution < 1.29 is 9.72 Å². The van der Waals surface area contributed by atoms with Gasteiger partial charge in [-0.3, -0.25) is 19.5 Å². The summed E-state index contributed by atoms with van der Waals surface area (Å²) in [6.07, 6.45) is 0. The van der Waals surface area contributed by atoms with Crippen LogP contribution in [0.25, 0.3) is 0 Å². The summed E-state index contributed by atoms with van der Waals surface area (Å²) < 4.78 is 2.55. The molecule has 25 heavy (non-hydrogen) atoms. The van der Waals surface area contributed by atoms with E-state index in [1.165, 1.54) is 15.3 Å². The summed E-state index contributed by atoms with van der Waals surface area (Å²) >= 11 is 0. The van der Waals surface area contributed by atoms with Crippen LogP contribution in [0.1, 0.15) is 32.2 Å². The molecule has 1 aromatic heterocycles. The first kappa shape index (κ1) is 18.4. The van der Waals surface area contributed by atoms with Crippen molar-refractivity contribution in [3.8, 4) is 0 Å². The number of carbonyl (C=O) groups is 1. The lowest BCUT2D eigenvalue weighted by molar-refractivity contribution is -0.384. The molecule has 1 heterocycles. The third-order valence-corrected chi connectivity index (χ3v) is 3.70. The molecule has 1 N–H and O–H groups in total. The Morgan fingerprint density at radius 2 is 1.96 bits per heavy atom. The molecule has 0 unspecified atom stereocenters. The van der Waals surface area contributed by atoms with E-state index >= 15 is 0 Å². The molecular weight excluding hydrogens is 326 g/mol. The smallest absolute Gasteiger partial charge is 0.319 e. The summed E-state index contributed by atoms with van der Waals surface area (Å²) in [5.41, 5.74) is -0.413. The van der Waals surface area contributed by atoms with Crippen LogP contribution in [0.2, 0.25) is 0 Å². The Kier molecular flexibility index (Phi) is 4.78. The average molecular weight is 347 g/mol. The van der Waals surface area contributed by atoms with Gasteiger partial charge in [-0.15, -0.1) is 0 Å². The van der Waals surface area contributed by atoms with E-state index in [9.17, 15) is 19.7 Å². The zero-order valence-electron chi connectivity index (χ0n) is 14.9. The number of hydrogen-bond acceptors (Lipinski definition) is 5. The molecule has 9 heteroatoms. The molecule has 0 fully saturated rings. The summed E-state index contributed by atoms with van der Waals surface area (Å²) in [7, 11) is 0. The number of aromatic nitrogens is 3. The van der Waals surface area contributed by atoms with E-state index < -0.39 is 22.1 Å². The summed E-state index contributed by atoms with van der Waals surface area (Å²) in [4.78, 5) is 35.3. The number of benzene rings is 1. The first-order chi connectivity index (χ1) is 11.5. The Bertz CT molecular complexity index is 889. The van der Waals surface area contributed by atoms with Crippen molar-refractivity contribution >= 4 is 17.3 Å². The lowest BCUT2D eigenvalue weighted by Crippen LogP contribution is -2.37. The highest BCUT2D eigenvalue weighted by Crippen LogP contribution is 2.27. The fourth-order valence-electron chi connectivity index (χ4n) is 2.40. The predicted molar refractivity (Wildman–Crippen MR) is 92.7 cm³/mol. The molecule has 0 atom stereocenters. The summed E-state index contributed by atoms with van der Waals surface area (Å²) in [5.74, 6) is -0.134. The maximum Gasteiger partial charge on any atom is 0.346 e. The van der Waals surface area contributed by atoms with E-state index in [0.29, 0.717) is 11.4 Å². The van der Waals surface area contributed by atoms with Crippen LogP contribution >= 0.6 is 0 Å². The van der Waals surface area contributed by atoms with Gasteiger partial charge in [0.1, 0.15) is 18.1 Å². The Labute approximate surface area is 144 Å². The molecule has 2 aromatic rings. The second kappa shape index (κ2) is 6.50. The highest BCUT2D eigenvalue weighted by molar-refractivity contribution is 5.93. The third kappa shape index (κ3) is 3.76. The number of nitrogens with one attached hydrogen (secondary N) is 1. The van der Waals surface area contributed by atoms with Gasteiger partial charge < -0.3 is 5.32 Å². The van der Waals surface area contributed by atoms with Gasteiger partial charge in [-0.1, -0.05) is 12.1 Å². The minimum Gasteiger partial charge on any atom is -0.319 e. The number of carbonyl (C=O) groups excluding carboxylic acids is 1. The quantitative estimate of drug-likeness (QED) is 0.671. The number of para-hydroxylation sites is 1. The van der Waals surface area contributed by atoms with Gasteiger partial charge in [0.25, 0.3) is 5.69 Å². The molecule has 134 valence electrons. The Balaban J connectivity index is 2.30. The van der Waals surface area contributed by atoms with E-state index in [-0.39, 0.29) is 17.9 Å². The average Bonchev–Trinajstić information content (AvgIpc) is 2.77.